The number of nitrogens with one attached hydrogen (secondary N) is 3. The fourth-order valence-electron chi connectivity index (χ4n) is 2.66. The summed E-state index contributed by atoms with van der Waals surface area (Å²) in [4.78, 5) is 38.9. The number of aromatic nitrogens is 3. The van der Waals surface area contributed by atoms with Crippen molar-refractivity contribution >= 4 is 28.7 Å². The standard InChI is InChI=1S/C19H15N5O4/c1-11-10-24-15(18(26)20-11)9-14(23-24)17(25)21-12-4-6-13(7-5-12)22-19(27)16-3-2-8-28-16/h2-10H,1H3,(H,20,26)(H,21,25)(H,22,27). The summed E-state index contributed by atoms with van der Waals surface area (Å²) >= 11 is 0. The van der Waals surface area contributed by atoms with Crippen molar-refractivity contribution in [2.75, 3.05) is 10.6 Å². The molecule has 9 nitrogen and oxygen atoms in total. The van der Waals surface area contributed by atoms with E-state index in [2.05, 4.69) is 20.7 Å². The molecule has 0 fully saturated rings. The van der Waals surface area contributed by atoms with Crippen LogP contribution in [0.1, 0.15) is 26.7 Å². The highest BCUT2D eigenvalue weighted by molar-refractivity contribution is 6.04. The van der Waals surface area contributed by atoms with Gasteiger partial charge in [0, 0.05) is 29.3 Å². The molecule has 3 N–H and O–H groups in total. The van der Waals surface area contributed by atoms with Crippen molar-refractivity contribution in [1.82, 2.24) is 14.6 Å². The Hall–Kier alpha value is -4.14. The van der Waals surface area contributed by atoms with Gasteiger partial charge in [-0.1, -0.05) is 0 Å². The third-order valence-corrected chi connectivity index (χ3v) is 3.97. The Kier molecular flexibility index (Phi) is 4.24. The molecule has 9 heteroatoms. The lowest BCUT2D eigenvalue weighted by molar-refractivity contribution is 0.0994. The molecule has 0 aliphatic heterocycles. The first-order chi connectivity index (χ1) is 13.5. The summed E-state index contributed by atoms with van der Waals surface area (Å²) in [5.41, 5.74) is 1.79. The second-order valence-corrected chi connectivity index (χ2v) is 6.09. The van der Waals surface area contributed by atoms with E-state index in [1.165, 1.54) is 16.8 Å². The number of hydrogen-bond acceptors (Lipinski definition) is 5. The van der Waals surface area contributed by atoms with Crippen molar-refractivity contribution in [3.05, 3.63) is 82.4 Å². The van der Waals surface area contributed by atoms with Crippen LogP contribution < -0.4 is 16.2 Å². The molecular formula is C19H15N5O4. The number of furan rings is 1. The molecule has 2 amide bonds. The molecule has 0 spiro atoms. The average Bonchev–Trinajstić information content (AvgIpc) is 3.33. The van der Waals surface area contributed by atoms with E-state index >= 15 is 0 Å². The van der Waals surface area contributed by atoms with Gasteiger partial charge in [-0.2, -0.15) is 5.10 Å². The molecule has 0 saturated carbocycles. The van der Waals surface area contributed by atoms with Crippen LogP contribution in [0.5, 0.6) is 0 Å². The number of rotatable bonds is 4. The number of aromatic amines is 1. The second-order valence-electron chi connectivity index (χ2n) is 6.09. The van der Waals surface area contributed by atoms with Crippen molar-refractivity contribution in [3.8, 4) is 0 Å². The van der Waals surface area contributed by atoms with Crippen LogP contribution in [0.3, 0.4) is 0 Å². The van der Waals surface area contributed by atoms with Crippen LogP contribution in [0, 0.1) is 6.92 Å². The highest BCUT2D eigenvalue weighted by atomic mass is 16.3. The number of hydrogen-bond donors (Lipinski definition) is 3. The van der Waals surface area contributed by atoms with Gasteiger partial charge in [0.15, 0.2) is 11.5 Å². The number of aryl methyl sites for hydroxylation is 1. The van der Waals surface area contributed by atoms with Gasteiger partial charge in [-0.05, 0) is 43.3 Å². The Labute approximate surface area is 158 Å². The lowest BCUT2D eigenvalue weighted by Crippen LogP contribution is -2.13. The molecular weight excluding hydrogens is 362 g/mol. The third kappa shape index (κ3) is 3.40. The van der Waals surface area contributed by atoms with Gasteiger partial charge in [-0.25, -0.2) is 4.52 Å². The first-order valence-electron chi connectivity index (χ1n) is 8.35. The molecule has 4 rings (SSSR count). The molecule has 4 aromatic rings. The zero-order valence-corrected chi connectivity index (χ0v) is 14.7. The maximum absolute atomic E-state index is 12.4. The number of carbonyl (C=O) groups excluding carboxylic acids is 2. The predicted octanol–water partition coefficient (Wildman–Crippen LogP) is 2.43. The van der Waals surface area contributed by atoms with E-state index in [1.807, 2.05) is 0 Å². The topological polar surface area (TPSA) is 122 Å². The van der Waals surface area contributed by atoms with Gasteiger partial charge in [-0.15, -0.1) is 0 Å². The predicted molar refractivity (Wildman–Crippen MR) is 102 cm³/mol. The molecule has 3 aromatic heterocycles. The normalized spacial score (nSPS) is 10.8. The van der Waals surface area contributed by atoms with Crippen molar-refractivity contribution in [1.29, 1.82) is 0 Å². The number of benzene rings is 1. The molecule has 140 valence electrons. The SMILES string of the molecule is Cc1cn2nc(C(=O)Nc3ccc(NC(=O)c4ccco4)cc3)cc2c(=O)[nH]1. The summed E-state index contributed by atoms with van der Waals surface area (Å²) in [6, 6.07) is 11.2. The Morgan fingerprint density at radius 3 is 2.39 bits per heavy atom. The van der Waals surface area contributed by atoms with Gasteiger partial charge >= 0.3 is 0 Å². The number of nitrogens with zero attached hydrogens (tertiary/aromatic N) is 2. The zero-order valence-electron chi connectivity index (χ0n) is 14.7. The first-order valence-corrected chi connectivity index (χ1v) is 8.35. The number of carbonyl (C=O) groups is 2. The fraction of sp³-hybridized carbons (Fsp3) is 0.0526. The lowest BCUT2D eigenvalue weighted by Gasteiger charge is -2.06. The van der Waals surface area contributed by atoms with Crippen LogP contribution in [-0.2, 0) is 0 Å². The Morgan fingerprint density at radius 2 is 1.75 bits per heavy atom. The quantitative estimate of drug-likeness (QED) is 0.504. The molecule has 0 aliphatic carbocycles. The van der Waals surface area contributed by atoms with Crippen LogP contribution >= 0.6 is 0 Å². The Balaban J connectivity index is 1.47. The van der Waals surface area contributed by atoms with Gasteiger partial charge < -0.3 is 20.0 Å². The molecule has 0 bridgehead atoms. The molecule has 0 radical (unpaired) electrons. The van der Waals surface area contributed by atoms with E-state index < -0.39 is 5.91 Å². The van der Waals surface area contributed by atoms with Crippen molar-refractivity contribution < 1.29 is 14.0 Å². The Bertz CT molecular complexity index is 1220. The minimum Gasteiger partial charge on any atom is -0.459 e. The van der Waals surface area contributed by atoms with Gasteiger partial charge in [0.1, 0.15) is 5.52 Å². The first kappa shape index (κ1) is 17.3. The third-order valence-electron chi connectivity index (χ3n) is 3.97. The lowest BCUT2D eigenvalue weighted by atomic mass is 10.2. The van der Waals surface area contributed by atoms with E-state index in [1.54, 1.807) is 49.5 Å². The zero-order chi connectivity index (χ0) is 19.7. The maximum Gasteiger partial charge on any atom is 0.291 e. The second kappa shape index (κ2) is 6.88. The van der Waals surface area contributed by atoms with Crippen LogP contribution in [-0.4, -0.2) is 26.4 Å². The minimum atomic E-state index is -0.451. The van der Waals surface area contributed by atoms with E-state index in [0.29, 0.717) is 17.1 Å². The smallest absolute Gasteiger partial charge is 0.291 e. The van der Waals surface area contributed by atoms with E-state index in [-0.39, 0.29) is 28.4 Å². The van der Waals surface area contributed by atoms with Crippen molar-refractivity contribution in [2.45, 2.75) is 6.92 Å². The van der Waals surface area contributed by atoms with Crippen LogP contribution in [0.15, 0.2) is 64.1 Å². The molecule has 0 aliphatic rings. The minimum absolute atomic E-state index is 0.117. The summed E-state index contributed by atoms with van der Waals surface area (Å²) in [6.45, 7) is 1.73. The van der Waals surface area contributed by atoms with Gasteiger partial charge in [-0.3, -0.25) is 14.4 Å². The molecule has 28 heavy (non-hydrogen) atoms. The summed E-state index contributed by atoms with van der Waals surface area (Å²) in [5, 5.41) is 9.52. The van der Waals surface area contributed by atoms with Gasteiger partial charge in [0.25, 0.3) is 17.4 Å². The summed E-state index contributed by atoms with van der Waals surface area (Å²) in [5.74, 6) is -0.616. The van der Waals surface area contributed by atoms with Gasteiger partial charge in [0.2, 0.25) is 0 Å². The largest absolute Gasteiger partial charge is 0.459 e. The summed E-state index contributed by atoms with van der Waals surface area (Å²) in [7, 11) is 0. The van der Waals surface area contributed by atoms with E-state index in [0.717, 1.165) is 0 Å². The number of amides is 2. The highest BCUT2D eigenvalue weighted by Crippen LogP contribution is 2.16. The maximum atomic E-state index is 12.4. The average molecular weight is 377 g/mol. The highest BCUT2D eigenvalue weighted by Gasteiger charge is 2.14. The van der Waals surface area contributed by atoms with E-state index in [4.69, 9.17) is 4.42 Å². The Morgan fingerprint density at radius 1 is 1.07 bits per heavy atom. The van der Waals surface area contributed by atoms with Crippen LogP contribution in [0.4, 0.5) is 11.4 Å². The molecule has 1 aromatic carbocycles. The molecule has 0 atom stereocenters. The summed E-state index contributed by atoms with van der Waals surface area (Å²) < 4.78 is 6.40. The van der Waals surface area contributed by atoms with Crippen LogP contribution in [0.25, 0.3) is 5.52 Å². The van der Waals surface area contributed by atoms with Gasteiger partial charge in [0.05, 0.1) is 6.26 Å². The fourth-order valence-corrected chi connectivity index (χ4v) is 2.66. The molecule has 0 unspecified atom stereocenters. The number of anilines is 2. The molecule has 3 heterocycles. The van der Waals surface area contributed by atoms with E-state index in [9.17, 15) is 14.4 Å². The van der Waals surface area contributed by atoms with Crippen molar-refractivity contribution in [3.63, 3.8) is 0 Å². The van der Waals surface area contributed by atoms with Crippen molar-refractivity contribution in [2.24, 2.45) is 0 Å². The number of H-pyrrole nitrogens is 1. The summed E-state index contributed by atoms with van der Waals surface area (Å²) in [6.07, 6.45) is 3.05. The van der Waals surface area contributed by atoms with Crippen LogP contribution in [0.2, 0.25) is 0 Å². The molecule has 0 saturated heterocycles. The number of fused-ring (bicyclic) bond motifs is 1. The monoisotopic (exact) mass is 377 g/mol.